The van der Waals surface area contributed by atoms with Crippen LogP contribution in [-0.2, 0) is 23.1 Å². The van der Waals surface area contributed by atoms with Gasteiger partial charge in [-0.1, -0.05) is 19.1 Å². The van der Waals surface area contributed by atoms with Crippen molar-refractivity contribution in [3.05, 3.63) is 35.1 Å². The van der Waals surface area contributed by atoms with Gasteiger partial charge in [0.05, 0.1) is 5.75 Å². The SMILES string of the molecule is CCS(=O)Cc1ccc(CN)cc1F. The zero-order chi connectivity index (χ0) is 10.6. The highest BCUT2D eigenvalue weighted by atomic mass is 32.2. The number of hydrogen-bond donors (Lipinski definition) is 1. The van der Waals surface area contributed by atoms with Crippen molar-refractivity contribution in [1.29, 1.82) is 0 Å². The fraction of sp³-hybridized carbons (Fsp3) is 0.400. The van der Waals surface area contributed by atoms with E-state index in [2.05, 4.69) is 0 Å². The third-order valence-electron chi connectivity index (χ3n) is 1.99. The van der Waals surface area contributed by atoms with Crippen LogP contribution in [-0.4, -0.2) is 9.96 Å². The zero-order valence-electron chi connectivity index (χ0n) is 8.13. The van der Waals surface area contributed by atoms with Gasteiger partial charge in [0.25, 0.3) is 0 Å². The number of benzene rings is 1. The summed E-state index contributed by atoms with van der Waals surface area (Å²) in [6.07, 6.45) is 0. The first-order valence-corrected chi connectivity index (χ1v) is 5.98. The maximum absolute atomic E-state index is 13.3. The van der Waals surface area contributed by atoms with Gasteiger partial charge in [0.1, 0.15) is 5.82 Å². The predicted octanol–water partition coefficient (Wildman–Crippen LogP) is 1.55. The van der Waals surface area contributed by atoms with Crippen molar-refractivity contribution in [1.82, 2.24) is 0 Å². The van der Waals surface area contributed by atoms with Crippen molar-refractivity contribution < 1.29 is 8.60 Å². The van der Waals surface area contributed by atoms with E-state index in [0.717, 1.165) is 5.56 Å². The Morgan fingerprint density at radius 1 is 1.50 bits per heavy atom. The van der Waals surface area contributed by atoms with Crippen molar-refractivity contribution in [2.24, 2.45) is 5.73 Å². The normalized spacial score (nSPS) is 12.8. The molecule has 0 spiro atoms. The summed E-state index contributed by atoms with van der Waals surface area (Å²) < 4.78 is 24.6. The first-order chi connectivity index (χ1) is 6.67. The molecule has 1 unspecified atom stereocenters. The molecule has 0 aliphatic carbocycles. The van der Waals surface area contributed by atoms with Crippen molar-refractivity contribution in [2.75, 3.05) is 5.75 Å². The van der Waals surface area contributed by atoms with Crippen LogP contribution in [0.1, 0.15) is 18.1 Å². The van der Waals surface area contributed by atoms with Crippen molar-refractivity contribution in [2.45, 2.75) is 19.2 Å². The Labute approximate surface area is 85.8 Å². The largest absolute Gasteiger partial charge is 0.326 e. The summed E-state index contributed by atoms with van der Waals surface area (Å²) in [6, 6.07) is 4.83. The van der Waals surface area contributed by atoms with E-state index in [1.165, 1.54) is 6.07 Å². The zero-order valence-corrected chi connectivity index (χ0v) is 8.94. The second kappa shape index (κ2) is 5.22. The van der Waals surface area contributed by atoms with E-state index in [0.29, 0.717) is 17.9 Å². The van der Waals surface area contributed by atoms with Gasteiger partial charge in [0.15, 0.2) is 0 Å². The highest BCUT2D eigenvalue weighted by Crippen LogP contribution is 2.12. The molecule has 0 saturated carbocycles. The third kappa shape index (κ3) is 2.89. The van der Waals surface area contributed by atoms with Crippen LogP contribution in [0.15, 0.2) is 18.2 Å². The molecule has 4 heteroatoms. The first-order valence-electron chi connectivity index (χ1n) is 4.49. The predicted molar refractivity (Wildman–Crippen MR) is 56.7 cm³/mol. The second-order valence-electron chi connectivity index (χ2n) is 3.00. The van der Waals surface area contributed by atoms with Crippen LogP contribution in [0.2, 0.25) is 0 Å². The first kappa shape index (κ1) is 11.3. The van der Waals surface area contributed by atoms with Gasteiger partial charge in [-0.3, -0.25) is 4.21 Å². The number of hydrogen-bond acceptors (Lipinski definition) is 2. The molecule has 0 fully saturated rings. The minimum absolute atomic E-state index is 0.285. The molecule has 0 saturated heterocycles. The van der Waals surface area contributed by atoms with E-state index in [-0.39, 0.29) is 11.6 Å². The van der Waals surface area contributed by atoms with E-state index < -0.39 is 10.8 Å². The van der Waals surface area contributed by atoms with Gasteiger partial charge in [0.2, 0.25) is 0 Å². The molecule has 2 nitrogen and oxygen atoms in total. The number of rotatable bonds is 4. The lowest BCUT2D eigenvalue weighted by Crippen LogP contribution is -2.02. The summed E-state index contributed by atoms with van der Waals surface area (Å²) in [4.78, 5) is 0. The monoisotopic (exact) mass is 215 g/mol. The van der Waals surface area contributed by atoms with Gasteiger partial charge in [0, 0.05) is 28.7 Å². The van der Waals surface area contributed by atoms with E-state index in [9.17, 15) is 8.60 Å². The maximum atomic E-state index is 13.3. The molecular weight excluding hydrogens is 201 g/mol. The van der Waals surface area contributed by atoms with Gasteiger partial charge in [-0.05, 0) is 11.6 Å². The fourth-order valence-electron chi connectivity index (χ4n) is 1.11. The fourth-order valence-corrected chi connectivity index (χ4v) is 1.90. The molecule has 1 atom stereocenters. The molecule has 0 radical (unpaired) electrons. The lowest BCUT2D eigenvalue weighted by molar-refractivity contribution is 0.613. The van der Waals surface area contributed by atoms with Gasteiger partial charge in [-0.2, -0.15) is 0 Å². The van der Waals surface area contributed by atoms with E-state index >= 15 is 0 Å². The molecule has 14 heavy (non-hydrogen) atoms. The Balaban J connectivity index is 2.83. The molecule has 0 amide bonds. The maximum Gasteiger partial charge on any atom is 0.127 e. The molecule has 1 aromatic rings. The van der Waals surface area contributed by atoms with Gasteiger partial charge >= 0.3 is 0 Å². The molecule has 1 rings (SSSR count). The van der Waals surface area contributed by atoms with Crippen LogP contribution in [0.3, 0.4) is 0 Å². The van der Waals surface area contributed by atoms with Crippen molar-refractivity contribution in [3.63, 3.8) is 0 Å². The summed E-state index contributed by atoms with van der Waals surface area (Å²) >= 11 is 0. The van der Waals surface area contributed by atoms with Gasteiger partial charge < -0.3 is 5.73 Å². The van der Waals surface area contributed by atoms with Crippen LogP contribution in [0.5, 0.6) is 0 Å². The average Bonchev–Trinajstić information content (AvgIpc) is 2.20. The van der Waals surface area contributed by atoms with Gasteiger partial charge in [-0.15, -0.1) is 0 Å². The number of halogens is 1. The summed E-state index contributed by atoms with van der Waals surface area (Å²) in [5, 5.41) is 0. The van der Waals surface area contributed by atoms with Crippen LogP contribution < -0.4 is 5.73 Å². The molecule has 0 aliphatic rings. The molecule has 0 heterocycles. The topological polar surface area (TPSA) is 43.1 Å². The van der Waals surface area contributed by atoms with E-state index in [1.54, 1.807) is 12.1 Å². The Morgan fingerprint density at radius 2 is 2.21 bits per heavy atom. The molecule has 1 aromatic carbocycles. The summed E-state index contributed by atoms with van der Waals surface area (Å²) in [6.45, 7) is 2.15. The minimum atomic E-state index is -0.968. The van der Waals surface area contributed by atoms with Crippen LogP contribution in [0, 0.1) is 5.82 Å². The summed E-state index contributed by atoms with van der Waals surface area (Å²) in [5.74, 6) is 0.528. The molecular formula is C10H14FNOS. The van der Waals surface area contributed by atoms with Crippen LogP contribution in [0.4, 0.5) is 4.39 Å². The lowest BCUT2D eigenvalue weighted by Gasteiger charge is -2.03. The van der Waals surface area contributed by atoms with Crippen LogP contribution >= 0.6 is 0 Å². The minimum Gasteiger partial charge on any atom is -0.326 e. The van der Waals surface area contributed by atoms with Crippen LogP contribution in [0.25, 0.3) is 0 Å². The van der Waals surface area contributed by atoms with Crippen molar-refractivity contribution in [3.8, 4) is 0 Å². The molecule has 0 bridgehead atoms. The Hall–Kier alpha value is -0.740. The highest BCUT2D eigenvalue weighted by Gasteiger charge is 2.05. The Kier molecular flexibility index (Phi) is 4.22. The van der Waals surface area contributed by atoms with E-state index in [4.69, 9.17) is 5.73 Å². The quantitative estimate of drug-likeness (QED) is 0.828. The van der Waals surface area contributed by atoms with Crippen molar-refractivity contribution >= 4 is 10.8 Å². The molecule has 2 N–H and O–H groups in total. The molecule has 0 aromatic heterocycles. The molecule has 0 aliphatic heterocycles. The lowest BCUT2D eigenvalue weighted by atomic mass is 10.1. The third-order valence-corrected chi connectivity index (χ3v) is 3.27. The smallest absolute Gasteiger partial charge is 0.127 e. The average molecular weight is 215 g/mol. The second-order valence-corrected chi connectivity index (χ2v) is 4.75. The van der Waals surface area contributed by atoms with E-state index in [1.807, 2.05) is 6.92 Å². The number of nitrogens with two attached hydrogens (primary N) is 1. The highest BCUT2D eigenvalue weighted by molar-refractivity contribution is 7.84. The molecule has 78 valence electrons. The summed E-state index contributed by atoms with van der Waals surface area (Å²) in [7, 11) is -0.968. The Bertz CT molecular complexity index is 341. The Morgan fingerprint density at radius 3 is 2.71 bits per heavy atom. The standard InChI is InChI=1S/C10H14FNOS/c1-2-14(13)7-9-4-3-8(6-12)5-10(9)11/h3-5H,2,6-7,12H2,1H3. The summed E-state index contributed by atoms with van der Waals surface area (Å²) in [5.41, 5.74) is 6.63. The van der Waals surface area contributed by atoms with Gasteiger partial charge in [-0.25, -0.2) is 4.39 Å².